The number of carbonyl (C=O) groups is 2. The topological polar surface area (TPSA) is 103 Å². The van der Waals surface area contributed by atoms with E-state index in [2.05, 4.69) is 10.3 Å². The minimum absolute atomic E-state index is 0.0322. The lowest BCUT2D eigenvalue weighted by Gasteiger charge is -2.07. The normalized spacial score (nSPS) is 9.71. The third-order valence-electron chi connectivity index (χ3n) is 2.62. The number of carboxylic acids is 1. The zero-order valence-electron chi connectivity index (χ0n) is 10.5. The quantitative estimate of drug-likeness (QED) is 0.898. The summed E-state index contributed by atoms with van der Waals surface area (Å²) in [5, 5.41) is 19.9. The van der Waals surface area contributed by atoms with Crippen LogP contribution in [0.3, 0.4) is 0 Å². The number of anilines is 1. The fourth-order valence-electron chi connectivity index (χ4n) is 1.59. The standard InChI is InChI=1S/C14H8FN3O3/c15-10-2-1-3-11(9(10)6-16)18-13(19)8-4-5-12(14(20)21)17-7-8/h1-5,7H,(H,18,19)(H,20,21). The number of hydrogen-bond acceptors (Lipinski definition) is 4. The molecule has 7 heteroatoms. The van der Waals surface area contributed by atoms with Gasteiger partial charge in [-0.05, 0) is 24.3 Å². The van der Waals surface area contributed by atoms with E-state index in [1.807, 2.05) is 0 Å². The summed E-state index contributed by atoms with van der Waals surface area (Å²) in [5.41, 5.74) is -0.353. The Kier molecular flexibility index (Phi) is 3.90. The molecule has 0 bridgehead atoms. The summed E-state index contributed by atoms with van der Waals surface area (Å²) < 4.78 is 13.4. The number of pyridine rings is 1. The molecule has 0 aliphatic heterocycles. The molecule has 0 aliphatic carbocycles. The number of carbonyl (C=O) groups excluding carboxylic acids is 1. The Balaban J connectivity index is 2.25. The van der Waals surface area contributed by atoms with Gasteiger partial charge in [0.1, 0.15) is 23.1 Å². The van der Waals surface area contributed by atoms with E-state index in [-0.39, 0.29) is 22.5 Å². The van der Waals surface area contributed by atoms with Gasteiger partial charge >= 0.3 is 5.97 Å². The Labute approximate surface area is 118 Å². The first-order valence-corrected chi connectivity index (χ1v) is 5.72. The third kappa shape index (κ3) is 3.01. The molecule has 21 heavy (non-hydrogen) atoms. The van der Waals surface area contributed by atoms with Crippen molar-refractivity contribution in [3.8, 4) is 6.07 Å². The highest BCUT2D eigenvalue weighted by molar-refractivity contribution is 6.05. The summed E-state index contributed by atoms with van der Waals surface area (Å²) in [6.07, 6.45) is 1.09. The van der Waals surface area contributed by atoms with Gasteiger partial charge < -0.3 is 10.4 Å². The molecule has 2 rings (SSSR count). The molecule has 0 unspecified atom stereocenters. The fourth-order valence-corrected chi connectivity index (χ4v) is 1.59. The Morgan fingerprint density at radius 1 is 1.29 bits per heavy atom. The van der Waals surface area contributed by atoms with Crippen molar-refractivity contribution in [2.75, 3.05) is 5.32 Å². The first-order valence-electron chi connectivity index (χ1n) is 5.72. The number of hydrogen-bond donors (Lipinski definition) is 2. The van der Waals surface area contributed by atoms with E-state index < -0.39 is 17.7 Å². The summed E-state index contributed by atoms with van der Waals surface area (Å²) in [5.74, 6) is -2.57. The number of aromatic nitrogens is 1. The molecule has 0 spiro atoms. The summed E-state index contributed by atoms with van der Waals surface area (Å²) in [6, 6.07) is 7.97. The molecule has 104 valence electrons. The van der Waals surface area contributed by atoms with Crippen LogP contribution in [-0.4, -0.2) is 22.0 Å². The van der Waals surface area contributed by atoms with Gasteiger partial charge in [-0.15, -0.1) is 0 Å². The third-order valence-corrected chi connectivity index (χ3v) is 2.62. The summed E-state index contributed by atoms with van der Waals surface area (Å²) >= 11 is 0. The maximum atomic E-state index is 13.4. The van der Waals surface area contributed by atoms with Crippen LogP contribution in [-0.2, 0) is 0 Å². The van der Waals surface area contributed by atoms with Gasteiger partial charge in [0.05, 0.1) is 11.3 Å². The van der Waals surface area contributed by atoms with Gasteiger partial charge in [-0.25, -0.2) is 14.2 Å². The summed E-state index contributed by atoms with van der Waals surface area (Å²) in [7, 11) is 0. The van der Waals surface area contributed by atoms with Crippen molar-refractivity contribution in [3.63, 3.8) is 0 Å². The molecule has 2 N–H and O–H groups in total. The first-order chi connectivity index (χ1) is 10.0. The molecule has 6 nitrogen and oxygen atoms in total. The monoisotopic (exact) mass is 285 g/mol. The minimum atomic E-state index is -1.21. The van der Waals surface area contributed by atoms with Crippen LogP contribution in [0.5, 0.6) is 0 Å². The van der Waals surface area contributed by atoms with Gasteiger partial charge in [-0.2, -0.15) is 5.26 Å². The largest absolute Gasteiger partial charge is 0.477 e. The summed E-state index contributed by atoms with van der Waals surface area (Å²) in [6.45, 7) is 0. The van der Waals surface area contributed by atoms with Gasteiger partial charge in [0, 0.05) is 6.20 Å². The molecule has 1 amide bonds. The number of halogens is 1. The Bertz CT molecular complexity index is 751. The molecule has 0 atom stereocenters. The second-order valence-electron chi connectivity index (χ2n) is 3.97. The van der Waals surface area contributed by atoms with Gasteiger partial charge in [-0.3, -0.25) is 4.79 Å². The van der Waals surface area contributed by atoms with E-state index in [0.717, 1.165) is 12.3 Å². The predicted octanol–water partition coefficient (Wildman–Crippen LogP) is 2.04. The average molecular weight is 285 g/mol. The van der Waals surface area contributed by atoms with E-state index in [1.54, 1.807) is 6.07 Å². The van der Waals surface area contributed by atoms with Crippen molar-refractivity contribution in [1.82, 2.24) is 4.98 Å². The molecular formula is C14H8FN3O3. The zero-order chi connectivity index (χ0) is 15.4. The number of nitrogens with one attached hydrogen (secondary N) is 1. The van der Waals surface area contributed by atoms with E-state index in [0.29, 0.717) is 0 Å². The van der Waals surface area contributed by atoms with Crippen molar-refractivity contribution in [1.29, 1.82) is 5.26 Å². The number of aromatic carboxylic acids is 1. The highest BCUT2D eigenvalue weighted by atomic mass is 19.1. The second-order valence-corrected chi connectivity index (χ2v) is 3.97. The number of benzene rings is 1. The molecule has 1 heterocycles. The lowest BCUT2D eigenvalue weighted by atomic mass is 10.1. The van der Waals surface area contributed by atoms with Crippen molar-refractivity contribution in [3.05, 3.63) is 59.2 Å². The highest BCUT2D eigenvalue weighted by Crippen LogP contribution is 2.18. The van der Waals surface area contributed by atoms with Crippen LogP contribution >= 0.6 is 0 Å². The average Bonchev–Trinajstić information content (AvgIpc) is 2.47. The van der Waals surface area contributed by atoms with Crippen LogP contribution < -0.4 is 5.32 Å². The van der Waals surface area contributed by atoms with Gasteiger partial charge in [-0.1, -0.05) is 6.07 Å². The van der Waals surface area contributed by atoms with Crippen LogP contribution in [0.25, 0.3) is 0 Å². The van der Waals surface area contributed by atoms with Crippen molar-refractivity contribution in [2.24, 2.45) is 0 Å². The highest BCUT2D eigenvalue weighted by Gasteiger charge is 2.13. The maximum Gasteiger partial charge on any atom is 0.354 e. The molecule has 0 aliphatic rings. The van der Waals surface area contributed by atoms with Crippen LogP contribution in [0, 0.1) is 17.1 Å². The Hall–Kier alpha value is -3.27. The van der Waals surface area contributed by atoms with Gasteiger partial charge in [0.2, 0.25) is 0 Å². The minimum Gasteiger partial charge on any atom is -0.477 e. The Morgan fingerprint density at radius 2 is 2.05 bits per heavy atom. The number of amides is 1. The predicted molar refractivity (Wildman–Crippen MR) is 70.3 cm³/mol. The molecule has 1 aromatic heterocycles. The van der Waals surface area contributed by atoms with Gasteiger partial charge in [0.15, 0.2) is 0 Å². The number of nitrogens with zero attached hydrogens (tertiary/aromatic N) is 2. The molecule has 0 radical (unpaired) electrons. The molecule has 1 aromatic carbocycles. The molecule has 0 fully saturated rings. The van der Waals surface area contributed by atoms with Crippen LogP contribution in [0.4, 0.5) is 10.1 Å². The molecule has 2 aromatic rings. The van der Waals surface area contributed by atoms with E-state index >= 15 is 0 Å². The Morgan fingerprint density at radius 3 is 2.62 bits per heavy atom. The van der Waals surface area contributed by atoms with Crippen LogP contribution in [0.2, 0.25) is 0 Å². The molecular weight excluding hydrogens is 277 g/mol. The van der Waals surface area contributed by atoms with Crippen molar-refractivity contribution >= 4 is 17.6 Å². The summed E-state index contributed by atoms with van der Waals surface area (Å²) in [4.78, 5) is 26.2. The molecule has 0 saturated carbocycles. The van der Waals surface area contributed by atoms with E-state index in [4.69, 9.17) is 10.4 Å². The van der Waals surface area contributed by atoms with Gasteiger partial charge in [0.25, 0.3) is 5.91 Å². The van der Waals surface area contributed by atoms with Crippen molar-refractivity contribution < 1.29 is 19.1 Å². The molecule has 0 saturated heterocycles. The van der Waals surface area contributed by atoms with E-state index in [9.17, 15) is 14.0 Å². The first kappa shape index (κ1) is 14.1. The number of rotatable bonds is 3. The second kappa shape index (κ2) is 5.79. The number of nitriles is 1. The lowest BCUT2D eigenvalue weighted by molar-refractivity contribution is 0.0690. The lowest BCUT2D eigenvalue weighted by Crippen LogP contribution is -2.14. The zero-order valence-corrected chi connectivity index (χ0v) is 10.5. The SMILES string of the molecule is N#Cc1c(F)cccc1NC(=O)c1ccc(C(=O)O)nc1. The van der Waals surface area contributed by atoms with Crippen LogP contribution in [0.15, 0.2) is 36.5 Å². The maximum absolute atomic E-state index is 13.4. The van der Waals surface area contributed by atoms with E-state index in [1.165, 1.54) is 24.3 Å². The van der Waals surface area contributed by atoms with Crippen molar-refractivity contribution in [2.45, 2.75) is 0 Å². The van der Waals surface area contributed by atoms with Crippen LogP contribution in [0.1, 0.15) is 26.4 Å². The smallest absolute Gasteiger partial charge is 0.354 e. The fraction of sp³-hybridized carbons (Fsp3) is 0. The number of carboxylic acid groups (broad SMARTS) is 1.